The summed E-state index contributed by atoms with van der Waals surface area (Å²) in [4.78, 5) is 2.61. The van der Waals surface area contributed by atoms with E-state index in [4.69, 9.17) is 0 Å². The number of anilines is 1. The zero-order valence-electron chi connectivity index (χ0n) is 13.3. The van der Waals surface area contributed by atoms with Crippen LogP contribution >= 0.6 is 15.9 Å². The van der Waals surface area contributed by atoms with Crippen LogP contribution < -0.4 is 10.2 Å². The number of nitrogens with zero attached hydrogens (tertiary/aromatic N) is 1. The Labute approximate surface area is 132 Å². The predicted octanol–water partition coefficient (Wildman–Crippen LogP) is 4.60. The topological polar surface area (TPSA) is 15.3 Å². The first-order valence-electron chi connectivity index (χ1n) is 7.67. The van der Waals surface area contributed by atoms with Gasteiger partial charge in [-0.3, -0.25) is 0 Å². The molecule has 1 heterocycles. The maximum atomic E-state index is 3.61. The Morgan fingerprint density at radius 2 is 2.00 bits per heavy atom. The summed E-state index contributed by atoms with van der Waals surface area (Å²) in [6.07, 6.45) is 1.34. The highest BCUT2D eigenvalue weighted by molar-refractivity contribution is 9.10. The van der Waals surface area contributed by atoms with Gasteiger partial charge in [0, 0.05) is 28.8 Å². The molecule has 0 amide bonds. The van der Waals surface area contributed by atoms with Crippen molar-refractivity contribution in [3.63, 3.8) is 0 Å². The van der Waals surface area contributed by atoms with Gasteiger partial charge in [-0.2, -0.15) is 0 Å². The SMILES string of the molecule is CNC(C)c1cc(Br)ccc1N1CC(C)CC(C)C1C. The van der Waals surface area contributed by atoms with Crippen LogP contribution in [0.15, 0.2) is 22.7 Å². The standard InChI is InChI=1S/C17H27BrN2/c1-11-8-12(2)14(4)20(10-11)17-7-6-15(18)9-16(17)13(3)19-5/h6-7,9,11-14,19H,8,10H2,1-5H3. The first-order valence-corrected chi connectivity index (χ1v) is 8.46. The monoisotopic (exact) mass is 338 g/mol. The lowest BCUT2D eigenvalue weighted by Crippen LogP contribution is -2.46. The molecule has 112 valence electrons. The number of benzene rings is 1. The Morgan fingerprint density at radius 1 is 1.30 bits per heavy atom. The fraction of sp³-hybridized carbons (Fsp3) is 0.647. The molecule has 2 rings (SSSR count). The molecule has 0 bridgehead atoms. The number of piperidine rings is 1. The molecule has 1 aromatic carbocycles. The molecule has 1 fully saturated rings. The second-order valence-electron chi connectivity index (χ2n) is 6.42. The second kappa shape index (κ2) is 6.48. The van der Waals surface area contributed by atoms with Crippen molar-refractivity contribution in [1.82, 2.24) is 5.32 Å². The molecular formula is C17H27BrN2. The Bertz CT molecular complexity index is 460. The first-order chi connectivity index (χ1) is 9.43. The average Bonchev–Trinajstić information content (AvgIpc) is 2.42. The molecule has 0 spiro atoms. The van der Waals surface area contributed by atoms with Crippen LogP contribution in [0, 0.1) is 11.8 Å². The van der Waals surface area contributed by atoms with E-state index < -0.39 is 0 Å². The lowest BCUT2D eigenvalue weighted by atomic mass is 9.85. The van der Waals surface area contributed by atoms with Crippen LogP contribution in [0.2, 0.25) is 0 Å². The van der Waals surface area contributed by atoms with Crippen LogP contribution in [-0.2, 0) is 0 Å². The van der Waals surface area contributed by atoms with Gasteiger partial charge in [-0.15, -0.1) is 0 Å². The highest BCUT2D eigenvalue weighted by atomic mass is 79.9. The van der Waals surface area contributed by atoms with Crippen molar-refractivity contribution in [3.05, 3.63) is 28.2 Å². The summed E-state index contributed by atoms with van der Waals surface area (Å²) in [5, 5.41) is 3.38. The fourth-order valence-electron chi connectivity index (χ4n) is 3.32. The molecule has 3 heteroatoms. The quantitative estimate of drug-likeness (QED) is 0.866. The highest BCUT2D eigenvalue weighted by Gasteiger charge is 2.30. The number of hydrogen-bond acceptors (Lipinski definition) is 2. The summed E-state index contributed by atoms with van der Waals surface area (Å²) in [5.74, 6) is 1.52. The summed E-state index contributed by atoms with van der Waals surface area (Å²) in [7, 11) is 2.03. The Morgan fingerprint density at radius 3 is 2.65 bits per heavy atom. The summed E-state index contributed by atoms with van der Waals surface area (Å²) in [5.41, 5.74) is 2.77. The summed E-state index contributed by atoms with van der Waals surface area (Å²) in [6.45, 7) is 10.5. The number of halogens is 1. The molecule has 4 unspecified atom stereocenters. The third-order valence-electron chi connectivity index (χ3n) is 4.80. The van der Waals surface area contributed by atoms with Gasteiger partial charge in [0.15, 0.2) is 0 Å². The van der Waals surface area contributed by atoms with E-state index >= 15 is 0 Å². The lowest BCUT2D eigenvalue weighted by molar-refractivity contribution is 0.296. The predicted molar refractivity (Wildman–Crippen MR) is 91.4 cm³/mol. The van der Waals surface area contributed by atoms with Crippen LogP contribution in [-0.4, -0.2) is 19.6 Å². The van der Waals surface area contributed by atoms with E-state index in [1.807, 2.05) is 7.05 Å². The Hall–Kier alpha value is -0.540. The van der Waals surface area contributed by atoms with Crippen molar-refractivity contribution < 1.29 is 0 Å². The molecule has 20 heavy (non-hydrogen) atoms. The molecule has 2 nitrogen and oxygen atoms in total. The first kappa shape index (κ1) is 15.8. The van der Waals surface area contributed by atoms with E-state index in [0.717, 1.165) is 22.9 Å². The molecule has 0 saturated carbocycles. The van der Waals surface area contributed by atoms with Crippen molar-refractivity contribution in [3.8, 4) is 0 Å². The number of nitrogens with one attached hydrogen (secondary N) is 1. The minimum Gasteiger partial charge on any atom is -0.368 e. The molecule has 0 radical (unpaired) electrons. The summed E-state index contributed by atoms with van der Waals surface area (Å²) in [6, 6.07) is 7.66. The largest absolute Gasteiger partial charge is 0.368 e. The second-order valence-corrected chi connectivity index (χ2v) is 7.34. The minimum absolute atomic E-state index is 0.363. The smallest absolute Gasteiger partial charge is 0.0417 e. The van der Waals surface area contributed by atoms with Gasteiger partial charge < -0.3 is 10.2 Å². The molecule has 1 saturated heterocycles. The maximum Gasteiger partial charge on any atom is 0.0417 e. The van der Waals surface area contributed by atoms with Crippen molar-refractivity contribution in [2.45, 2.75) is 46.2 Å². The molecule has 1 aliphatic rings. The zero-order chi connectivity index (χ0) is 14.9. The van der Waals surface area contributed by atoms with Gasteiger partial charge in [0.2, 0.25) is 0 Å². The van der Waals surface area contributed by atoms with Gasteiger partial charge in [0.1, 0.15) is 0 Å². The van der Waals surface area contributed by atoms with Crippen LogP contribution in [0.4, 0.5) is 5.69 Å². The number of hydrogen-bond donors (Lipinski definition) is 1. The highest BCUT2D eigenvalue weighted by Crippen LogP contribution is 2.36. The Kier molecular flexibility index (Phi) is 5.14. The van der Waals surface area contributed by atoms with E-state index in [9.17, 15) is 0 Å². The fourth-order valence-corrected chi connectivity index (χ4v) is 3.70. The van der Waals surface area contributed by atoms with E-state index in [-0.39, 0.29) is 0 Å². The van der Waals surface area contributed by atoms with E-state index in [0.29, 0.717) is 12.1 Å². The zero-order valence-corrected chi connectivity index (χ0v) is 14.9. The summed E-state index contributed by atoms with van der Waals surface area (Å²) >= 11 is 3.61. The average molecular weight is 339 g/mol. The van der Waals surface area contributed by atoms with Gasteiger partial charge in [0.05, 0.1) is 0 Å². The van der Waals surface area contributed by atoms with Gasteiger partial charge in [-0.25, -0.2) is 0 Å². The third kappa shape index (κ3) is 3.20. The number of rotatable bonds is 3. The van der Waals surface area contributed by atoms with Crippen LogP contribution in [0.5, 0.6) is 0 Å². The minimum atomic E-state index is 0.363. The summed E-state index contributed by atoms with van der Waals surface area (Å²) < 4.78 is 1.16. The van der Waals surface area contributed by atoms with Crippen molar-refractivity contribution >= 4 is 21.6 Å². The van der Waals surface area contributed by atoms with E-state index in [2.05, 4.69) is 72.0 Å². The molecule has 4 atom stereocenters. The molecule has 1 N–H and O–H groups in total. The molecule has 0 aromatic heterocycles. The van der Waals surface area contributed by atoms with Crippen molar-refractivity contribution in [2.24, 2.45) is 11.8 Å². The molecule has 1 aliphatic heterocycles. The van der Waals surface area contributed by atoms with Crippen LogP contribution in [0.25, 0.3) is 0 Å². The van der Waals surface area contributed by atoms with Crippen LogP contribution in [0.3, 0.4) is 0 Å². The van der Waals surface area contributed by atoms with Gasteiger partial charge in [-0.1, -0.05) is 29.8 Å². The maximum absolute atomic E-state index is 3.61. The van der Waals surface area contributed by atoms with E-state index in [1.165, 1.54) is 17.7 Å². The van der Waals surface area contributed by atoms with Crippen molar-refractivity contribution in [2.75, 3.05) is 18.5 Å². The van der Waals surface area contributed by atoms with Gasteiger partial charge in [-0.05, 0) is 62.9 Å². The van der Waals surface area contributed by atoms with Gasteiger partial charge >= 0.3 is 0 Å². The van der Waals surface area contributed by atoms with Crippen LogP contribution in [0.1, 0.15) is 45.7 Å². The molecule has 1 aromatic rings. The van der Waals surface area contributed by atoms with E-state index in [1.54, 1.807) is 0 Å². The lowest BCUT2D eigenvalue weighted by Gasteiger charge is -2.44. The van der Waals surface area contributed by atoms with Gasteiger partial charge in [0.25, 0.3) is 0 Å². The molecule has 0 aliphatic carbocycles. The third-order valence-corrected chi connectivity index (χ3v) is 5.29. The molecular weight excluding hydrogens is 312 g/mol. The normalized spacial score (nSPS) is 28.5. The van der Waals surface area contributed by atoms with Crippen molar-refractivity contribution in [1.29, 1.82) is 0 Å². The Balaban J connectivity index is 2.40.